The molecule has 1 amide bonds. The van der Waals surface area contributed by atoms with Gasteiger partial charge in [-0.2, -0.15) is 18.3 Å². The number of H-pyrrole nitrogens is 1. The van der Waals surface area contributed by atoms with Crippen LogP contribution in [0.15, 0.2) is 42.5 Å². The van der Waals surface area contributed by atoms with Gasteiger partial charge >= 0.3 is 6.18 Å². The fraction of sp³-hybridized carbons (Fsp3) is 0.211. The fourth-order valence-corrected chi connectivity index (χ4v) is 3.03. The van der Waals surface area contributed by atoms with E-state index in [1.54, 1.807) is 12.1 Å². The first-order valence-corrected chi connectivity index (χ1v) is 8.99. The molecule has 3 aromatic rings. The monoisotopic (exact) mass is 438 g/mol. The number of nitrogens with zero attached hydrogens (tertiary/aromatic N) is 2. The molecule has 2 aromatic carbocycles. The molecule has 30 heavy (non-hydrogen) atoms. The number of amides is 1. The van der Waals surface area contributed by atoms with E-state index >= 15 is 0 Å². The number of rotatable bonds is 6. The van der Waals surface area contributed by atoms with Crippen molar-refractivity contribution < 1.29 is 27.4 Å². The summed E-state index contributed by atoms with van der Waals surface area (Å²) >= 11 is 5.15. The van der Waals surface area contributed by atoms with Gasteiger partial charge in [-0.3, -0.25) is 14.5 Å². The van der Waals surface area contributed by atoms with Crippen molar-refractivity contribution in [3.05, 3.63) is 64.2 Å². The van der Waals surface area contributed by atoms with Gasteiger partial charge in [0.25, 0.3) is 5.91 Å². The number of aromatic nitrogens is 3. The second-order valence-electron chi connectivity index (χ2n) is 6.08. The van der Waals surface area contributed by atoms with Crippen LogP contribution in [0.5, 0.6) is 11.5 Å². The molecule has 158 valence electrons. The normalized spacial score (nSPS) is 11.2. The lowest BCUT2D eigenvalue weighted by atomic mass is 10.2. The van der Waals surface area contributed by atoms with E-state index in [0.29, 0.717) is 17.1 Å². The molecule has 0 saturated heterocycles. The van der Waals surface area contributed by atoms with Gasteiger partial charge in [0, 0.05) is 5.56 Å². The standard InChI is InChI=1S/C19H17F3N4O3S/c1-28-14-7-6-11(8-15(14)29-2)17(27)23-10-16-24-25-18(30)26(16)13-5-3-4-12(9-13)19(20,21)22/h3-9H,10H2,1-2H3,(H,23,27)(H,25,30). The highest BCUT2D eigenvalue weighted by Crippen LogP contribution is 2.30. The van der Waals surface area contributed by atoms with Gasteiger partial charge < -0.3 is 14.8 Å². The van der Waals surface area contributed by atoms with Crippen molar-refractivity contribution in [2.75, 3.05) is 14.2 Å². The third kappa shape index (κ3) is 4.46. The molecule has 0 unspecified atom stereocenters. The number of methoxy groups -OCH3 is 2. The van der Waals surface area contributed by atoms with Crippen LogP contribution in [0.25, 0.3) is 5.69 Å². The average Bonchev–Trinajstić information content (AvgIpc) is 3.11. The number of carbonyl (C=O) groups excluding carboxylic acids is 1. The van der Waals surface area contributed by atoms with Crippen molar-refractivity contribution in [1.29, 1.82) is 0 Å². The van der Waals surface area contributed by atoms with Crippen LogP contribution in [0.2, 0.25) is 0 Å². The molecule has 0 aliphatic carbocycles. The number of hydrogen-bond acceptors (Lipinski definition) is 5. The second-order valence-corrected chi connectivity index (χ2v) is 6.47. The Kier molecular flexibility index (Phi) is 6.11. The molecule has 0 bridgehead atoms. The van der Waals surface area contributed by atoms with Crippen LogP contribution in [0.3, 0.4) is 0 Å². The summed E-state index contributed by atoms with van der Waals surface area (Å²) in [4.78, 5) is 12.5. The molecule has 1 heterocycles. The van der Waals surface area contributed by atoms with E-state index in [4.69, 9.17) is 21.7 Å². The largest absolute Gasteiger partial charge is 0.493 e. The Bertz CT molecular complexity index is 1120. The van der Waals surface area contributed by atoms with Crippen molar-refractivity contribution in [2.24, 2.45) is 0 Å². The summed E-state index contributed by atoms with van der Waals surface area (Å²) in [6, 6.07) is 9.33. The molecule has 1 aromatic heterocycles. The Balaban J connectivity index is 1.83. The highest BCUT2D eigenvalue weighted by Gasteiger charge is 2.30. The molecule has 0 atom stereocenters. The number of halogens is 3. The SMILES string of the molecule is COc1ccc(C(=O)NCc2n[nH]c(=S)n2-c2cccc(C(F)(F)F)c2)cc1OC. The summed E-state index contributed by atoms with van der Waals surface area (Å²) in [5.74, 6) is 0.671. The second kappa shape index (κ2) is 8.57. The zero-order chi connectivity index (χ0) is 21.9. The maximum absolute atomic E-state index is 13.0. The minimum Gasteiger partial charge on any atom is -0.493 e. The Labute approximate surface area is 174 Å². The Morgan fingerprint density at radius 1 is 1.17 bits per heavy atom. The van der Waals surface area contributed by atoms with E-state index in [9.17, 15) is 18.0 Å². The zero-order valence-corrected chi connectivity index (χ0v) is 16.7. The van der Waals surface area contributed by atoms with Crippen molar-refractivity contribution in [2.45, 2.75) is 12.7 Å². The lowest BCUT2D eigenvalue weighted by Gasteiger charge is -2.12. The summed E-state index contributed by atoms with van der Waals surface area (Å²) < 4.78 is 50.8. The van der Waals surface area contributed by atoms with Gasteiger partial charge in [-0.15, -0.1) is 0 Å². The van der Waals surface area contributed by atoms with Gasteiger partial charge in [0.1, 0.15) is 0 Å². The first kappa shape index (κ1) is 21.4. The van der Waals surface area contributed by atoms with Crippen LogP contribution in [0.4, 0.5) is 13.2 Å². The molecular formula is C19H17F3N4O3S. The van der Waals surface area contributed by atoms with E-state index in [2.05, 4.69) is 15.5 Å². The highest BCUT2D eigenvalue weighted by molar-refractivity contribution is 7.71. The van der Waals surface area contributed by atoms with Gasteiger partial charge in [-0.05, 0) is 48.6 Å². The summed E-state index contributed by atoms with van der Waals surface area (Å²) in [6.45, 7) is -0.0729. The zero-order valence-electron chi connectivity index (χ0n) is 15.9. The molecular weight excluding hydrogens is 421 g/mol. The molecule has 0 fully saturated rings. The van der Waals surface area contributed by atoms with Crippen molar-refractivity contribution in [3.8, 4) is 17.2 Å². The minimum absolute atomic E-state index is 0.0729. The first-order valence-electron chi connectivity index (χ1n) is 8.58. The summed E-state index contributed by atoms with van der Waals surface area (Å²) in [5.41, 5.74) is -0.324. The van der Waals surface area contributed by atoms with Gasteiger partial charge in [-0.1, -0.05) is 6.07 Å². The van der Waals surface area contributed by atoms with Crippen LogP contribution in [-0.2, 0) is 12.7 Å². The van der Waals surface area contributed by atoms with Gasteiger partial charge in [-0.25, -0.2) is 0 Å². The van der Waals surface area contributed by atoms with Gasteiger partial charge in [0.2, 0.25) is 0 Å². The number of alkyl halides is 3. The molecule has 11 heteroatoms. The van der Waals surface area contributed by atoms with Gasteiger partial charge in [0.15, 0.2) is 22.1 Å². The number of hydrogen-bond donors (Lipinski definition) is 2. The summed E-state index contributed by atoms with van der Waals surface area (Å²) in [7, 11) is 2.93. The number of ether oxygens (including phenoxy) is 2. The van der Waals surface area contributed by atoms with E-state index in [1.165, 1.54) is 37.0 Å². The van der Waals surface area contributed by atoms with Crippen LogP contribution < -0.4 is 14.8 Å². The van der Waals surface area contributed by atoms with Crippen molar-refractivity contribution >= 4 is 18.1 Å². The van der Waals surface area contributed by atoms with Crippen molar-refractivity contribution in [3.63, 3.8) is 0 Å². The topological polar surface area (TPSA) is 81.2 Å². The predicted molar refractivity (Wildman–Crippen MR) is 104 cm³/mol. The lowest BCUT2D eigenvalue weighted by Crippen LogP contribution is -2.24. The molecule has 3 rings (SSSR count). The maximum atomic E-state index is 13.0. The first-order chi connectivity index (χ1) is 14.2. The smallest absolute Gasteiger partial charge is 0.416 e. The molecule has 0 aliphatic rings. The van der Waals surface area contributed by atoms with Crippen LogP contribution in [0, 0.1) is 4.77 Å². The molecule has 0 spiro atoms. The molecule has 7 nitrogen and oxygen atoms in total. The van der Waals surface area contributed by atoms with E-state index < -0.39 is 17.6 Å². The summed E-state index contributed by atoms with van der Waals surface area (Å²) in [6.07, 6.45) is -4.50. The number of nitrogens with one attached hydrogen (secondary N) is 2. The minimum atomic E-state index is -4.50. The maximum Gasteiger partial charge on any atom is 0.416 e. The fourth-order valence-electron chi connectivity index (χ4n) is 2.77. The Morgan fingerprint density at radius 2 is 1.90 bits per heavy atom. The Hall–Kier alpha value is -3.34. The number of aromatic amines is 1. The van der Waals surface area contributed by atoms with E-state index in [-0.39, 0.29) is 22.8 Å². The van der Waals surface area contributed by atoms with E-state index in [0.717, 1.165) is 12.1 Å². The third-order valence-electron chi connectivity index (χ3n) is 4.23. The molecule has 0 saturated carbocycles. The van der Waals surface area contributed by atoms with Crippen molar-refractivity contribution in [1.82, 2.24) is 20.1 Å². The van der Waals surface area contributed by atoms with Gasteiger partial charge in [0.05, 0.1) is 32.0 Å². The predicted octanol–water partition coefficient (Wildman–Crippen LogP) is 3.90. The van der Waals surface area contributed by atoms with Crippen LogP contribution in [-0.4, -0.2) is 34.9 Å². The highest BCUT2D eigenvalue weighted by atomic mass is 32.1. The Morgan fingerprint density at radius 3 is 2.57 bits per heavy atom. The average molecular weight is 438 g/mol. The number of benzene rings is 2. The van der Waals surface area contributed by atoms with Crippen LogP contribution in [0.1, 0.15) is 21.7 Å². The quantitative estimate of drug-likeness (QED) is 0.571. The third-order valence-corrected chi connectivity index (χ3v) is 4.50. The van der Waals surface area contributed by atoms with Crippen LogP contribution >= 0.6 is 12.2 Å². The molecule has 0 aliphatic heterocycles. The van der Waals surface area contributed by atoms with E-state index in [1.807, 2.05) is 0 Å². The molecule has 2 N–H and O–H groups in total. The summed E-state index contributed by atoms with van der Waals surface area (Å²) in [5, 5.41) is 9.22. The lowest BCUT2D eigenvalue weighted by molar-refractivity contribution is -0.137. The molecule has 0 radical (unpaired) electrons. The number of carbonyl (C=O) groups is 1.